The van der Waals surface area contributed by atoms with Crippen molar-refractivity contribution in [3.8, 4) is 0 Å². The summed E-state index contributed by atoms with van der Waals surface area (Å²) >= 11 is 0. The van der Waals surface area contributed by atoms with Gasteiger partial charge in [0.25, 0.3) is 5.92 Å². The van der Waals surface area contributed by atoms with Crippen LogP contribution in [0.4, 0.5) is 27.6 Å². The minimum absolute atomic E-state index is 0.00284. The molecule has 0 bridgehead atoms. The van der Waals surface area contributed by atoms with Crippen LogP contribution in [0.5, 0.6) is 0 Å². The third kappa shape index (κ3) is 4.61. The average molecular weight is 523 g/mol. The predicted octanol–water partition coefficient (Wildman–Crippen LogP) is 4.77. The van der Waals surface area contributed by atoms with Crippen LogP contribution in [-0.4, -0.2) is 50.2 Å². The number of aryl methyl sites for hydroxylation is 1. The average Bonchev–Trinajstić information content (AvgIpc) is 3.26. The van der Waals surface area contributed by atoms with Crippen LogP contribution in [0.3, 0.4) is 0 Å². The molecule has 0 saturated carbocycles. The van der Waals surface area contributed by atoms with Gasteiger partial charge in [-0.05, 0) is 30.9 Å². The Bertz CT molecular complexity index is 1350. The summed E-state index contributed by atoms with van der Waals surface area (Å²) in [6, 6.07) is 4.52. The number of benzene rings is 1. The van der Waals surface area contributed by atoms with E-state index < -0.39 is 17.9 Å². The molecule has 0 spiro atoms. The number of nitrogens with zero attached hydrogens (tertiary/aromatic N) is 6. The van der Waals surface area contributed by atoms with Crippen LogP contribution < -0.4 is 4.90 Å². The van der Waals surface area contributed by atoms with Gasteiger partial charge in [0.1, 0.15) is 0 Å². The van der Waals surface area contributed by atoms with Gasteiger partial charge in [-0.1, -0.05) is 19.1 Å². The van der Waals surface area contributed by atoms with E-state index in [1.54, 1.807) is 17.2 Å². The maximum atomic E-state index is 13.8. The van der Waals surface area contributed by atoms with Crippen molar-refractivity contribution in [2.24, 2.45) is 11.8 Å². The highest BCUT2D eigenvalue weighted by molar-refractivity contribution is 5.94. The molecule has 4 heterocycles. The Balaban J connectivity index is 1.32. The number of aromatic nitrogens is 4. The second kappa shape index (κ2) is 8.91. The van der Waals surface area contributed by atoms with Gasteiger partial charge in [0.2, 0.25) is 11.7 Å². The molecule has 0 radical (unpaired) electrons. The molecule has 1 amide bonds. The molecule has 0 N–H and O–H groups in total. The Morgan fingerprint density at radius 3 is 2.51 bits per heavy atom. The molecule has 2 unspecified atom stereocenters. The number of anilines is 1. The molecule has 12 heteroatoms. The summed E-state index contributed by atoms with van der Waals surface area (Å²) in [5, 5.41) is 7.73. The molecule has 37 heavy (non-hydrogen) atoms. The van der Waals surface area contributed by atoms with Crippen LogP contribution in [0.15, 0.2) is 24.4 Å². The monoisotopic (exact) mass is 522 g/mol. The maximum Gasteiger partial charge on any atom is 0.451 e. The van der Waals surface area contributed by atoms with Crippen LogP contribution in [0.1, 0.15) is 43.0 Å². The number of amides is 1. The number of hydrogen-bond donors (Lipinski definition) is 0. The first-order chi connectivity index (χ1) is 17.3. The van der Waals surface area contributed by atoms with Crippen molar-refractivity contribution in [1.29, 1.82) is 0 Å². The van der Waals surface area contributed by atoms with E-state index in [1.807, 2.05) is 13.8 Å². The number of carbonyl (C=O) groups excluding carboxylic acids is 1. The zero-order chi connectivity index (χ0) is 26.7. The molecule has 2 aliphatic rings. The Labute approximate surface area is 210 Å². The first kappa shape index (κ1) is 25.3. The van der Waals surface area contributed by atoms with Crippen LogP contribution >= 0.6 is 0 Å². The Kier molecular flexibility index (Phi) is 6.11. The molecule has 1 aromatic carbocycles. The van der Waals surface area contributed by atoms with Crippen molar-refractivity contribution in [2.75, 3.05) is 24.5 Å². The molecule has 5 rings (SSSR count). The zero-order valence-electron chi connectivity index (χ0n) is 20.7. The highest BCUT2D eigenvalue weighted by Gasteiger charge is 2.41. The summed E-state index contributed by atoms with van der Waals surface area (Å²) in [5.74, 6) is -4.29. The van der Waals surface area contributed by atoms with E-state index in [4.69, 9.17) is 0 Å². The van der Waals surface area contributed by atoms with Gasteiger partial charge >= 0.3 is 6.18 Å². The summed E-state index contributed by atoms with van der Waals surface area (Å²) < 4.78 is 68.1. The van der Waals surface area contributed by atoms with Crippen LogP contribution in [0.2, 0.25) is 0 Å². The number of hydrogen-bond acceptors (Lipinski definition) is 5. The number of halogens is 5. The van der Waals surface area contributed by atoms with Crippen molar-refractivity contribution in [3.05, 3.63) is 47.2 Å². The summed E-state index contributed by atoms with van der Waals surface area (Å²) in [5.41, 5.74) is 2.22. The van der Waals surface area contributed by atoms with Gasteiger partial charge in [-0.3, -0.25) is 9.78 Å². The van der Waals surface area contributed by atoms with E-state index in [0.29, 0.717) is 25.0 Å². The Hall–Kier alpha value is -3.31. The fraction of sp³-hybridized carbons (Fsp3) is 0.520. The summed E-state index contributed by atoms with van der Waals surface area (Å²) in [6.07, 6.45) is -2.35. The first-order valence-electron chi connectivity index (χ1n) is 12.1. The molecule has 2 aromatic heterocycles. The van der Waals surface area contributed by atoms with Crippen LogP contribution in [-0.2, 0) is 30.0 Å². The molecule has 7 nitrogen and oxygen atoms in total. The van der Waals surface area contributed by atoms with Gasteiger partial charge in [0, 0.05) is 56.2 Å². The zero-order valence-corrected chi connectivity index (χ0v) is 20.7. The van der Waals surface area contributed by atoms with E-state index in [2.05, 4.69) is 20.1 Å². The van der Waals surface area contributed by atoms with Crippen molar-refractivity contribution < 1.29 is 26.7 Å². The lowest BCUT2D eigenvalue weighted by molar-refractivity contribution is -0.148. The topological polar surface area (TPSA) is 67.2 Å². The highest BCUT2D eigenvalue weighted by atomic mass is 19.4. The number of fused-ring (bicyclic) bond motifs is 2. The van der Waals surface area contributed by atoms with Crippen LogP contribution in [0.25, 0.3) is 10.9 Å². The molecule has 1 saturated heterocycles. The lowest BCUT2D eigenvalue weighted by atomic mass is 9.85. The molecule has 198 valence electrons. The Morgan fingerprint density at radius 1 is 1.08 bits per heavy atom. The number of carbonyl (C=O) groups is 1. The van der Waals surface area contributed by atoms with Gasteiger partial charge in [0.15, 0.2) is 5.82 Å². The molecular formula is C25H27F5N6O. The lowest BCUT2D eigenvalue weighted by Crippen LogP contribution is -2.49. The molecule has 0 aliphatic carbocycles. The summed E-state index contributed by atoms with van der Waals surface area (Å²) in [6.45, 7) is 6.07. The van der Waals surface area contributed by atoms with Crippen molar-refractivity contribution in [3.63, 3.8) is 0 Å². The van der Waals surface area contributed by atoms with Crippen molar-refractivity contribution in [2.45, 2.75) is 52.4 Å². The number of piperidine rings is 1. The molecular weight excluding hydrogens is 495 g/mol. The van der Waals surface area contributed by atoms with E-state index in [9.17, 15) is 26.7 Å². The second-order valence-electron chi connectivity index (χ2n) is 10.1. The normalized spacial score (nSPS) is 20.9. The van der Waals surface area contributed by atoms with Gasteiger partial charge in [-0.15, -0.1) is 10.2 Å². The standard InChI is InChI=1S/C25H27F5N6O/c1-14-11-31-19-10-16(24(3,26)27)4-5-18(19)21(14)34-7-6-17(15(2)12-34)22(37)35-8-9-36-20(13-35)32-33-23(36)25(28,29)30/h4-5,10-11,15,17H,6-9,12-13H2,1-3H3. The molecule has 3 aromatic rings. The predicted molar refractivity (Wildman–Crippen MR) is 126 cm³/mol. The highest BCUT2D eigenvalue weighted by Crippen LogP contribution is 2.37. The third-order valence-corrected chi connectivity index (χ3v) is 7.39. The first-order valence-corrected chi connectivity index (χ1v) is 12.1. The van der Waals surface area contributed by atoms with Gasteiger partial charge in [-0.25, -0.2) is 8.78 Å². The van der Waals surface area contributed by atoms with Gasteiger partial charge in [0.05, 0.1) is 17.7 Å². The fourth-order valence-electron chi connectivity index (χ4n) is 5.48. The van der Waals surface area contributed by atoms with E-state index >= 15 is 0 Å². The minimum Gasteiger partial charge on any atom is -0.370 e. The second-order valence-corrected chi connectivity index (χ2v) is 10.1. The van der Waals surface area contributed by atoms with Crippen LogP contribution in [0, 0.1) is 18.8 Å². The number of rotatable bonds is 3. The third-order valence-electron chi connectivity index (χ3n) is 7.39. The molecule has 1 fully saturated rings. The van der Waals surface area contributed by atoms with Crippen molar-refractivity contribution in [1.82, 2.24) is 24.6 Å². The van der Waals surface area contributed by atoms with Gasteiger partial charge < -0.3 is 14.4 Å². The van der Waals surface area contributed by atoms with E-state index in [0.717, 1.165) is 28.1 Å². The SMILES string of the molecule is Cc1cnc2cc(C(C)(F)F)ccc2c1N1CCC(C(=O)N2CCn3c(nnc3C(F)(F)F)C2)C(C)C1. The Morgan fingerprint density at radius 2 is 1.84 bits per heavy atom. The minimum atomic E-state index is -4.59. The van der Waals surface area contributed by atoms with Crippen molar-refractivity contribution >= 4 is 22.5 Å². The quantitative estimate of drug-likeness (QED) is 0.464. The largest absolute Gasteiger partial charge is 0.451 e. The number of alkyl halides is 5. The molecule has 2 atom stereocenters. The van der Waals surface area contributed by atoms with E-state index in [1.165, 1.54) is 12.1 Å². The maximum absolute atomic E-state index is 13.8. The smallest absolute Gasteiger partial charge is 0.370 e. The summed E-state index contributed by atoms with van der Waals surface area (Å²) in [7, 11) is 0. The number of pyridine rings is 1. The fourth-order valence-corrected chi connectivity index (χ4v) is 5.48. The summed E-state index contributed by atoms with van der Waals surface area (Å²) in [4.78, 5) is 21.5. The van der Waals surface area contributed by atoms with Gasteiger partial charge in [-0.2, -0.15) is 13.2 Å². The molecule has 2 aliphatic heterocycles. The lowest BCUT2D eigenvalue weighted by Gasteiger charge is -2.41. The van der Waals surface area contributed by atoms with E-state index in [-0.39, 0.29) is 48.8 Å².